The van der Waals surface area contributed by atoms with E-state index in [2.05, 4.69) is 15.2 Å². The minimum atomic E-state index is -0.476. The second kappa shape index (κ2) is 3.64. The van der Waals surface area contributed by atoms with Gasteiger partial charge in [-0.3, -0.25) is 9.38 Å². The van der Waals surface area contributed by atoms with Crippen LogP contribution in [0.3, 0.4) is 0 Å². The van der Waals surface area contributed by atoms with Crippen LogP contribution in [0, 0.1) is 6.92 Å². The second-order valence-electron chi connectivity index (χ2n) is 3.00. The van der Waals surface area contributed by atoms with Gasteiger partial charge in [-0.2, -0.15) is 0 Å². The molecular weight excluding hydrogens is 196 g/mol. The van der Waals surface area contributed by atoms with Crippen molar-refractivity contribution in [2.24, 2.45) is 0 Å². The van der Waals surface area contributed by atoms with E-state index in [-0.39, 0.29) is 5.82 Å². The summed E-state index contributed by atoms with van der Waals surface area (Å²) in [6.45, 7) is 3.89. The Kier molecular flexibility index (Phi) is 2.32. The first kappa shape index (κ1) is 9.57. The van der Waals surface area contributed by atoms with Gasteiger partial charge in [-0.15, -0.1) is 10.2 Å². The van der Waals surface area contributed by atoms with E-state index in [0.717, 1.165) is 5.69 Å². The van der Waals surface area contributed by atoms with Gasteiger partial charge >= 0.3 is 5.97 Å². The van der Waals surface area contributed by atoms with Crippen LogP contribution in [0.4, 0.5) is 0 Å². The van der Waals surface area contributed by atoms with Crippen molar-refractivity contribution in [2.45, 2.75) is 13.8 Å². The lowest BCUT2D eigenvalue weighted by molar-refractivity contribution is 0.0510. The molecule has 0 atom stereocenters. The Morgan fingerprint density at radius 1 is 1.53 bits per heavy atom. The predicted molar refractivity (Wildman–Crippen MR) is 51.5 cm³/mol. The summed E-state index contributed by atoms with van der Waals surface area (Å²) in [6.07, 6.45) is 3.26. The van der Waals surface area contributed by atoms with E-state index in [1.807, 2.05) is 6.92 Å². The van der Waals surface area contributed by atoms with Gasteiger partial charge in [0, 0.05) is 6.20 Å². The molecule has 0 amide bonds. The summed E-state index contributed by atoms with van der Waals surface area (Å²) in [5, 5.41) is 7.57. The van der Waals surface area contributed by atoms with Crippen LogP contribution in [0.1, 0.15) is 23.2 Å². The number of hydrogen-bond acceptors (Lipinski definition) is 5. The van der Waals surface area contributed by atoms with E-state index in [1.54, 1.807) is 23.7 Å². The smallest absolute Gasteiger partial charge is 0.376 e. The molecule has 15 heavy (non-hydrogen) atoms. The maximum atomic E-state index is 11.5. The summed E-state index contributed by atoms with van der Waals surface area (Å²) >= 11 is 0. The van der Waals surface area contributed by atoms with E-state index in [9.17, 15) is 4.79 Å². The lowest BCUT2D eigenvalue weighted by Crippen LogP contribution is -2.09. The average molecular weight is 206 g/mol. The number of nitrogens with zero attached hydrogens (tertiary/aromatic N) is 4. The molecular formula is C9H10N4O2. The number of esters is 1. The van der Waals surface area contributed by atoms with Crippen molar-refractivity contribution < 1.29 is 9.53 Å². The van der Waals surface area contributed by atoms with Gasteiger partial charge in [0.15, 0.2) is 5.65 Å². The number of aryl methyl sites for hydroxylation is 1. The molecule has 0 fully saturated rings. The third kappa shape index (κ3) is 1.65. The van der Waals surface area contributed by atoms with Crippen molar-refractivity contribution in [1.29, 1.82) is 0 Å². The summed E-state index contributed by atoms with van der Waals surface area (Å²) < 4.78 is 6.42. The van der Waals surface area contributed by atoms with Gasteiger partial charge in [0.1, 0.15) is 0 Å². The monoisotopic (exact) mass is 206 g/mol. The number of rotatable bonds is 2. The number of fused-ring (bicyclic) bond motifs is 1. The normalized spacial score (nSPS) is 10.5. The minimum absolute atomic E-state index is 0.178. The van der Waals surface area contributed by atoms with E-state index < -0.39 is 5.97 Å². The topological polar surface area (TPSA) is 69.4 Å². The van der Waals surface area contributed by atoms with Crippen molar-refractivity contribution in [2.75, 3.05) is 6.61 Å². The Labute approximate surface area is 85.9 Å². The highest BCUT2D eigenvalue weighted by Crippen LogP contribution is 2.04. The Hall–Kier alpha value is -1.98. The van der Waals surface area contributed by atoms with Crippen molar-refractivity contribution in [3.8, 4) is 0 Å². The maximum absolute atomic E-state index is 11.5. The molecule has 0 saturated carbocycles. The first-order valence-corrected chi connectivity index (χ1v) is 4.57. The Balaban J connectivity index is 2.52. The highest BCUT2D eigenvalue weighted by atomic mass is 16.5. The fraction of sp³-hybridized carbons (Fsp3) is 0.333. The van der Waals surface area contributed by atoms with Crippen LogP contribution < -0.4 is 0 Å². The van der Waals surface area contributed by atoms with Gasteiger partial charge < -0.3 is 4.74 Å². The minimum Gasteiger partial charge on any atom is -0.460 e. The summed E-state index contributed by atoms with van der Waals surface area (Å²) in [4.78, 5) is 15.5. The molecule has 2 aromatic rings. The van der Waals surface area contributed by atoms with Crippen LogP contribution in [0.5, 0.6) is 0 Å². The molecule has 0 unspecified atom stereocenters. The summed E-state index contributed by atoms with van der Waals surface area (Å²) in [7, 11) is 0. The molecule has 0 aliphatic heterocycles. The molecule has 0 radical (unpaired) electrons. The molecule has 2 heterocycles. The standard InChI is InChI=1S/C9H10N4O2/c1-3-15-9(14)8-12-11-7-4-10-6(2)5-13(7)8/h4-5H,3H2,1-2H3. The fourth-order valence-electron chi connectivity index (χ4n) is 1.23. The molecule has 2 aromatic heterocycles. The molecule has 2 rings (SSSR count). The lowest BCUT2D eigenvalue weighted by atomic mass is 10.5. The number of carbonyl (C=O) groups excluding carboxylic acids is 1. The third-order valence-electron chi connectivity index (χ3n) is 1.88. The molecule has 6 nitrogen and oxygen atoms in total. The maximum Gasteiger partial charge on any atom is 0.376 e. The average Bonchev–Trinajstić information content (AvgIpc) is 2.60. The molecule has 0 saturated heterocycles. The zero-order valence-corrected chi connectivity index (χ0v) is 8.47. The van der Waals surface area contributed by atoms with E-state index >= 15 is 0 Å². The van der Waals surface area contributed by atoms with Crippen LogP contribution in [-0.2, 0) is 4.74 Å². The van der Waals surface area contributed by atoms with Gasteiger partial charge in [0.2, 0.25) is 5.82 Å². The molecule has 0 bridgehead atoms. The molecule has 0 spiro atoms. The molecule has 0 aliphatic carbocycles. The number of carbonyl (C=O) groups is 1. The SMILES string of the molecule is CCOC(=O)c1nnc2cnc(C)cn12. The summed E-state index contributed by atoms with van der Waals surface area (Å²) in [5.41, 5.74) is 1.32. The molecule has 0 aliphatic rings. The van der Waals surface area contributed by atoms with Gasteiger partial charge in [-0.25, -0.2) is 4.79 Å². The molecule has 78 valence electrons. The Morgan fingerprint density at radius 2 is 2.33 bits per heavy atom. The quantitative estimate of drug-likeness (QED) is 0.673. The number of hydrogen-bond donors (Lipinski definition) is 0. The van der Waals surface area contributed by atoms with E-state index in [1.165, 1.54) is 0 Å². The highest BCUT2D eigenvalue weighted by Gasteiger charge is 2.15. The predicted octanol–water partition coefficient (Wildman–Crippen LogP) is 0.609. The molecule has 0 N–H and O–H groups in total. The first-order chi connectivity index (χ1) is 7.22. The number of aromatic nitrogens is 4. The van der Waals surface area contributed by atoms with E-state index in [4.69, 9.17) is 4.74 Å². The van der Waals surface area contributed by atoms with Crippen molar-refractivity contribution in [3.05, 3.63) is 23.9 Å². The van der Waals surface area contributed by atoms with Crippen molar-refractivity contribution >= 4 is 11.6 Å². The summed E-state index contributed by atoms with van der Waals surface area (Å²) in [5.74, 6) is -0.298. The first-order valence-electron chi connectivity index (χ1n) is 4.57. The van der Waals surface area contributed by atoms with Crippen LogP contribution in [-0.4, -0.2) is 32.2 Å². The zero-order chi connectivity index (χ0) is 10.8. The third-order valence-corrected chi connectivity index (χ3v) is 1.88. The van der Waals surface area contributed by atoms with Crippen LogP contribution >= 0.6 is 0 Å². The van der Waals surface area contributed by atoms with Crippen molar-refractivity contribution in [1.82, 2.24) is 19.6 Å². The fourth-order valence-corrected chi connectivity index (χ4v) is 1.23. The Morgan fingerprint density at radius 3 is 3.07 bits per heavy atom. The van der Waals surface area contributed by atoms with Crippen molar-refractivity contribution in [3.63, 3.8) is 0 Å². The van der Waals surface area contributed by atoms with Gasteiger partial charge in [-0.1, -0.05) is 0 Å². The Bertz CT molecular complexity index is 506. The van der Waals surface area contributed by atoms with E-state index in [0.29, 0.717) is 12.3 Å². The van der Waals surface area contributed by atoms with Gasteiger partial charge in [-0.05, 0) is 13.8 Å². The zero-order valence-electron chi connectivity index (χ0n) is 8.47. The largest absolute Gasteiger partial charge is 0.460 e. The lowest BCUT2D eigenvalue weighted by Gasteiger charge is -1.99. The highest BCUT2D eigenvalue weighted by molar-refractivity contribution is 5.86. The number of ether oxygens (including phenoxy) is 1. The van der Waals surface area contributed by atoms with Crippen LogP contribution in [0.2, 0.25) is 0 Å². The van der Waals surface area contributed by atoms with Crippen LogP contribution in [0.25, 0.3) is 5.65 Å². The molecule has 0 aromatic carbocycles. The van der Waals surface area contributed by atoms with Gasteiger partial charge in [0.05, 0.1) is 18.5 Å². The van der Waals surface area contributed by atoms with Crippen LogP contribution in [0.15, 0.2) is 12.4 Å². The second-order valence-corrected chi connectivity index (χ2v) is 3.00. The van der Waals surface area contributed by atoms with Gasteiger partial charge in [0.25, 0.3) is 0 Å². The summed E-state index contributed by atoms with van der Waals surface area (Å²) in [6, 6.07) is 0. The molecule has 6 heteroatoms.